The SMILES string of the molecule is NNc1ccccc1C(=O)N1CCN(CC(F)(F)F)CC1. The second kappa shape index (κ2) is 6.31. The van der Waals surface area contributed by atoms with Crippen LogP contribution in [0.4, 0.5) is 18.9 Å². The number of hydrogen-bond acceptors (Lipinski definition) is 4. The molecule has 1 aromatic carbocycles. The lowest BCUT2D eigenvalue weighted by atomic mass is 10.1. The van der Waals surface area contributed by atoms with Crippen LogP contribution in [0.25, 0.3) is 0 Å². The molecule has 8 heteroatoms. The maximum Gasteiger partial charge on any atom is 0.401 e. The normalized spacial score (nSPS) is 16.9. The maximum atomic E-state index is 12.4. The van der Waals surface area contributed by atoms with E-state index in [0.29, 0.717) is 11.3 Å². The zero-order valence-corrected chi connectivity index (χ0v) is 11.4. The Hall–Kier alpha value is -1.80. The Kier molecular flexibility index (Phi) is 4.69. The zero-order chi connectivity index (χ0) is 15.5. The van der Waals surface area contributed by atoms with Gasteiger partial charge in [0, 0.05) is 26.2 Å². The quantitative estimate of drug-likeness (QED) is 0.652. The largest absolute Gasteiger partial charge is 0.401 e. The molecule has 5 nitrogen and oxygen atoms in total. The van der Waals surface area contributed by atoms with Gasteiger partial charge in [-0.25, -0.2) is 0 Å². The van der Waals surface area contributed by atoms with Gasteiger partial charge in [-0.05, 0) is 12.1 Å². The predicted octanol–water partition coefficient (Wildman–Crippen LogP) is 1.29. The second-order valence-corrected chi connectivity index (χ2v) is 4.87. The summed E-state index contributed by atoms with van der Waals surface area (Å²) in [6.07, 6.45) is -4.21. The van der Waals surface area contributed by atoms with Gasteiger partial charge < -0.3 is 10.3 Å². The van der Waals surface area contributed by atoms with Crippen molar-refractivity contribution in [3.63, 3.8) is 0 Å². The highest BCUT2D eigenvalue weighted by atomic mass is 19.4. The lowest BCUT2D eigenvalue weighted by Gasteiger charge is -2.35. The lowest BCUT2D eigenvalue weighted by Crippen LogP contribution is -2.51. The molecule has 0 atom stereocenters. The number of anilines is 1. The number of carbonyl (C=O) groups excluding carboxylic acids is 1. The minimum Gasteiger partial charge on any atom is -0.336 e. The van der Waals surface area contributed by atoms with E-state index in [4.69, 9.17) is 5.84 Å². The van der Waals surface area contributed by atoms with Crippen molar-refractivity contribution in [2.45, 2.75) is 6.18 Å². The monoisotopic (exact) mass is 302 g/mol. The Bertz CT molecular complexity index is 498. The van der Waals surface area contributed by atoms with Crippen LogP contribution in [0.1, 0.15) is 10.4 Å². The second-order valence-electron chi connectivity index (χ2n) is 4.87. The minimum absolute atomic E-state index is 0.212. The summed E-state index contributed by atoms with van der Waals surface area (Å²) in [6.45, 7) is 0.0323. The van der Waals surface area contributed by atoms with Crippen molar-refractivity contribution in [1.29, 1.82) is 0 Å². The van der Waals surface area contributed by atoms with Gasteiger partial charge in [0.15, 0.2) is 0 Å². The van der Waals surface area contributed by atoms with Crippen LogP contribution in [0.2, 0.25) is 0 Å². The number of piperazine rings is 1. The third-order valence-electron chi connectivity index (χ3n) is 3.38. The molecule has 1 fully saturated rings. The number of hydrogen-bond donors (Lipinski definition) is 2. The summed E-state index contributed by atoms with van der Waals surface area (Å²) in [5.74, 6) is 5.13. The van der Waals surface area contributed by atoms with Crippen LogP contribution in [-0.2, 0) is 0 Å². The van der Waals surface area contributed by atoms with Crippen LogP contribution in [0.5, 0.6) is 0 Å². The fourth-order valence-electron chi connectivity index (χ4n) is 2.33. The summed E-state index contributed by atoms with van der Waals surface area (Å²) in [6, 6.07) is 6.77. The number of benzene rings is 1. The Balaban J connectivity index is 1.97. The standard InChI is InChI=1S/C13H17F3N4O/c14-13(15,16)9-19-5-7-20(8-6-19)12(21)10-3-1-2-4-11(10)18-17/h1-4,18H,5-9,17H2. The number of nitrogens with one attached hydrogen (secondary N) is 1. The van der Waals surface area contributed by atoms with Gasteiger partial charge in [-0.15, -0.1) is 0 Å². The Morgan fingerprint density at radius 2 is 1.81 bits per heavy atom. The summed E-state index contributed by atoms with van der Waals surface area (Å²) in [7, 11) is 0. The van der Waals surface area contributed by atoms with Gasteiger partial charge in [-0.1, -0.05) is 12.1 Å². The number of carbonyl (C=O) groups is 1. The van der Waals surface area contributed by atoms with Crippen molar-refractivity contribution in [3.05, 3.63) is 29.8 Å². The van der Waals surface area contributed by atoms with Crippen LogP contribution in [0.15, 0.2) is 24.3 Å². The van der Waals surface area contributed by atoms with Gasteiger partial charge in [0.1, 0.15) is 0 Å². The van der Waals surface area contributed by atoms with E-state index in [9.17, 15) is 18.0 Å². The van der Waals surface area contributed by atoms with Crippen molar-refractivity contribution in [1.82, 2.24) is 9.80 Å². The summed E-state index contributed by atoms with van der Waals surface area (Å²) < 4.78 is 36.9. The van der Waals surface area contributed by atoms with Crippen LogP contribution in [0.3, 0.4) is 0 Å². The van der Waals surface area contributed by atoms with Gasteiger partial charge in [0.05, 0.1) is 17.8 Å². The zero-order valence-electron chi connectivity index (χ0n) is 11.4. The molecule has 0 spiro atoms. The first-order valence-electron chi connectivity index (χ1n) is 6.55. The number of nitrogens with zero attached hydrogens (tertiary/aromatic N) is 2. The molecule has 116 valence electrons. The van der Waals surface area contributed by atoms with Crippen molar-refractivity contribution >= 4 is 11.6 Å². The number of halogens is 3. The number of rotatable bonds is 3. The summed E-state index contributed by atoms with van der Waals surface area (Å²) in [4.78, 5) is 15.2. The molecule has 0 radical (unpaired) electrons. The van der Waals surface area contributed by atoms with E-state index in [1.54, 1.807) is 29.2 Å². The van der Waals surface area contributed by atoms with Gasteiger partial charge in [0.2, 0.25) is 0 Å². The van der Waals surface area contributed by atoms with E-state index in [-0.39, 0.29) is 32.1 Å². The highest BCUT2D eigenvalue weighted by Gasteiger charge is 2.33. The van der Waals surface area contributed by atoms with Gasteiger partial charge in [-0.2, -0.15) is 13.2 Å². The molecule has 1 amide bonds. The third-order valence-corrected chi connectivity index (χ3v) is 3.38. The van der Waals surface area contributed by atoms with Crippen LogP contribution in [-0.4, -0.2) is 54.6 Å². The summed E-state index contributed by atoms with van der Waals surface area (Å²) >= 11 is 0. The van der Waals surface area contributed by atoms with E-state index >= 15 is 0 Å². The molecule has 1 heterocycles. The molecule has 0 bridgehead atoms. The highest BCUT2D eigenvalue weighted by molar-refractivity contribution is 5.99. The Labute approximate surface area is 120 Å². The molecule has 2 rings (SSSR count). The molecule has 1 saturated heterocycles. The minimum atomic E-state index is -4.21. The molecule has 0 aromatic heterocycles. The van der Waals surface area contributed by atoms with Crippen LogP contribution in [0, 0.1) is 0 Å². The molecule has 0 unspecified atom stereocenters. The third kappa shape index (κ3) is 4.08. The van der Waals surface area contributed by atoms with Crippen LogP contribution >= 0.6 is 0 Å². The van der Waals surface area contributed by atoms with E-state index in [2.05, 4.69) is 5.43 Å². The van der Waals surface area contributed by atoms with Crippen molar-refractivity contribution in [3.8, 4) is 0 Å². The van der Waals surface area contributed by atoms with E-state index in [1.165, 1.54) is 4.90 Å². The van der Waals surface area contributed by atoms with Crippen molar-refractivity contribution in [2.75, 3.05) is 38.1 Å². The molecular weight excluding hydrogens is 285 g/mol. The Morgan fingerprint density at radius 1 is 1.19 bits per heavy atom. The first-order chi connectivity index (χ1) is 9.90. The number of nitrogens with two attached hydrogens (primary N) is 1. The van der Waals surface area contributed by atoms with Crippen molar-refractivity contribution < 1.29 is 18.0 Å². The number of hydrazine groups is 1. The number of alkyl halides is 3. The topological polar surface area (TPSA) is 61.6 Å². The summed E-state index contributed by atoms with van der Waals surface area (Å²) in [5.41, 5.74) is 3.37. The Morgan fingerprint density at radius 3 is 2.38 bits per heavy atom. The molecule has 21 heavy (non-hydrogen) atoms. The highest BCUT2D eigenvalue weighted by Crippen LogP contribution is 2.20. The van der Waals surface area contributed by atoms with Gasteiger partial charge in [0.25, 0.3) is 5.91 Å². The summed E-state index contributed by atoms with van der Waals surface area (Å²) in [5, 5.41) is 0. The number of amides is 1. The lowest BCUT2D eigenvalue weighted by molar-refractivity contribution is -0.148. The average Bonchev–Trinajstić information content (AvgIpc) is 2.45. The van der Waals surface area contributed by atoms with Gasteiger partial charge in [-0.3, -0.25) is 15.5 Å². The number of para-hydroxylation sites is 1. The smallest absolute Gasteiger partial charge is 0.336 e. The molecule has 1 aliphatic heterocycles. The fraction of sp³-hybridized carbons (Fsp3) is 0.462. The first-order valence-corrected chi connectivity index (χ1v) is 6.55. The molecule has 3 N–H and O–H groups in total. The average molecular weight is 302 g/mol. The number of nitrogen functional groups attached to an aromatic ring is 1. The van der Waals surface area contributed by atoms with Crippen molar-refractivity contribution in [2.24, 2.45) is 5.84 Å². The van der Waals surface area contributed by atoms with E-state index in [0.717, 1.165) is 0 Å². The molecule has 0 saturated carbocycles. The maximum absolute atomic E-state index is 12.4. The predicted molar refractivity (Wildman–Crippen MR) is 72.7 cm³/mol. The fourth-order valence-corrected chi connectivity index (χ4v) is 2.33. The molecular formula is C13H17F3N4O. The van der Waals surface area contributed by atoms with E-state index in [1.807, 2.05) is 0 Å². The van der Waals surface area contributed by atoms with E-state index < -0.39 is 12.7 Å². The molecule has 1 aliphatic rings. The molecule has 1 aromatic rings. The molecule has 0 aliphatic carbocycles. The van der Waals surface area contributed by atoms with Crippen LogP contribution < -0.4 is 11.3 Å². The first kappa shape index (κ1) is 15.6. The van der Waals surface area contributed by atoms with Gasteiger partial charge >= 0.3 is 6.18 Å².